The van der Waals surface area contributed by atoms with Gasteiger partial charge in [0.1, 0.15) is 6.10 Å². The van der Waals surface area contributed by atoms with Crippen molar-refractivity contribution in [2.75, 3.05) is 6.26 Å². The van der Waals surface area contributed by atoms with E-state index in [0.717, 1.165) is 25.7 Å². The zero-order chi connectivity index (χ0) is 16.5. The first-order chi connectivity index (χ1) is 10.7. The van der Waals surface area contributed by atoms with Crippen LogP contribution in [0.15, 0.2) is 12.7 Å². The Morgan fingerprint density at radius 1 is 1.00 bits per heavy atom. The van der Waals surface area contributed by atoms with Crippen LogP contribution in [0.1, 0.15) is 90.4 Å². The van der Waals surface area contributed by atoms with Gasteiger partial charge in [0.2, 0.25) is 4.38 Å². The Labute approximate surface area is 148 Å². The van der Waals surface area contributed by atoms with E-state index >= 15 is 0 Å². The lowest BCUT2D eigenvalue weighted by atomic mass is 10.0. The maximum Gasteiger partial charge on any atom is 0.219 e. The number of ether oxygens (including phenoxy) is 1. The summed E-state index contributed by atoms with van der Waals surface area (Å²) < 4.78 is 6.57. The van der Waals surface area contributed by atoms with E-state index in [-0.39, 0.29) is 0 Å². The van der Waals surface area contributed by atoms with Crippen molar-refractivity contribution in [1.29, 1.82) is 0 Å². The molecule has 0 heterocycles. The smallest absolute Gasteiger partial charge is 0.219 e. The van der Waals surface area contributed by atoms with Crippen molar-refractivity contribution in [3.8, 4) is 0 Å². The summed E-state index contributed by atoms with van der Waals surface area (Å²) in [4.78, 5) is 0. The average Bonchev–Trinajstić information content (AvgIpc) is 2.53. The second kappa shape index (κ2) is 17.3. The quantitative estimate of drug-likeness (QED) is 0.175. The number of rotatable bonds is 15. The molecular weight excluding hydrogens is 308 g/mol. The summed E-state index contributed by atoms with van der Waals surface area (Å²) in [5, 5.41) is 0. The molecule has 130 valence electrons. The van der Waals surface area contributed by atoms with Crippen molar-refractivity contribution in [2.24, 2.45) is 0 Å². The van der Waals surface area contributed by atoms with E-state index in [1.54, 1.807) is 0 Å². The summed E-state index contributed by atoms with van der Waals surface area (Å²) in [6.07, 6.45) is 21.1. The molecule has 0 aliphatic heterocycles. The van der Waals surface area contributed by atoms with Crippen molar-refractivity contribution < 1.29 is 4.74 Å². The number of unbranched alkanes of at least 4 members (excludes halogenated alkanes) is 9. The van der Waals surface area contributed by atoms with Crippen LogP contribution in [-0.4, -0.2) is 16.7 Å². The first-order valence-corrected chi connectivity index (χ1v) is 10.7. The molecule has 0 amide bonds. The van der Waals surface area contributed by atoms with Gasteiger partial charge in [0, 0.05) is 0 Å². The van der Waals surface area contributed by atoms with E-state index in [1.807, 2.05) is 12.3 Å². The van der Waals surface area contributed by atoms with E-state index in [0.29, 0.717) is 10.5 Å². The predicted octanol–water partition coefficient (Wildman–Crippen LogP) is 7.30. The van der Waals surface area contributed by atoms with Crippen LogP contribution in [0.5, 0.6) is 0 Å². The molecule has 1 nitrogen and oxygen atoms in total. The number of hydrogen-bond donors (Lipinski definition) is 0. The molecule has 0 aromatic carbocycles. The highest BCUT2D eigenvalue weighted by Gasteiger charge is 2.11. The van der Waals surface area contributed by atoms with Gasteiger partial charge in [-0.1, -0.05) is 76.1 Å². The molecule has 0 N–H and O–H groups in total. The molecule has 0 aromatic heterocycles. The summed E-state index contributed by atoms with van der Waals surface area (Å²) in [6.45, 7) is 6.06. The minimum Gasteiger partial charge on any atom is -0.475 e. The van der Waals surface area contributed by atoms with Gasteiger partial charge in [-0.25, -0.2) is 0 Å². The summed E-state index contributed by atoms with van der Waals surface area (Å²) in [7, 11) is 0. The van der Waals surface area contributed by atoms with Gasteiger partial charge in [-0.15, -0.1) is 6.58 Å². The van der Waals surface area contributed by atoms with Crippen LogP contribution >= 0.6 is 24.0 Å². The lowest BCUT2D eigenvalue weighted by Crippen LogP contribution is -2.15. The van der Waals surface area contributed by atoms with Crippen LogP contribution in [0.2, 0.25) is 0 Å². The van der Waals surface area contributed by atoms with Crippen molar-refractivity contribution >= 4 is 28.4 Å². The maximum atomic E-state index is 5.88. The normalized spacial score (nSPS) is 12.1. The number of thioether (sulfide) groups is 1. The van der Waals surface area contributed by atoms with Crippen LogP contribution in [0.25, 0.3) is 0 Å². The third-order valence-corrected chi connectivity index (χ3v) is 5.02. The molecule has 0 bridgehead atoms. The van der Waals surface area contributed by atoms with Gasteiger partial charge >= 0.3 is 0 Å². The Hall–Kier alpha value is -0.0200. The SMILES string of the molecule is C=CCCCC(CCCCCCCCCCC)OC(=S)SC. The molecule has 0 aromatic rings. The summed E-state index contributed by atoms with van der Waals surface area (Å²) in [5.41, 5.74) is 0. The second-order valence-corrected chi connectivity index (χ2v) is 7.44. The van der Waals surface area contributed by atoms with Crippen LogP contribution in [0, 0.1) is 0 Å². The molecule has 0 rings (SSSR count). The number of allylic oxidation sites excluding steroid dienone is 1. The summed E-state index contributed by atoms with van der Waals surface area (Å²) >= 11 is 6.74. The van der Waals surface area contributed by atoms with Crippen LogP contribution in [-0.2, 0) is 4.74 Å². The fourth-order valence-electron chi connectivity index (χ4n) is 2.62. The Bertz CT molecular complexity index is 266. The topological polar surface area (TPSA) is 9.23 Å². The molecule has 0 fully saturated rings. The highest BCUT2D eigenvalue weighted by Crippen LogP contribution is 2.18. The Balaban J connectivity index is 3.64. The molecule has 0 aliphatic carbocycles. The van der Waals surface area contributed by atoms with Crippen LogP contribution in [0.3, 0.4) is 0 Å². The van der Waals surface area contributed by atoms with Gasteiger partial charge in [0.25, 0.3) is 0 Å². The molecule has 1 atom stereocenters. The molecule has 0 saturated heterocycles. The lowest BCUT2D eigenvalue weighted by Gasteiger charge is -2.18. The molecule has 0 spiro atoms. The van der Waals surface area contributed by atoms with Gasteiger partial charge in [-0.05, 0) is 50.6 Å². The van der Waals surface area contributed by atoms with E-state index in [9.17, 15) is 0 Å². The van der Waals surface area contributed by atoms with Crippen molar-refractivity contribution in [1.82, 2.24) is 0 Å². The Kier molecular flexibility index (Phi) is 17.3. The molecule has 0 saturated carbocycles. The van der Waals surface area contributed by atoms with Crippen LogP contribution in [0.4, 0.5) is 0 Å². The molecule has 0 aliphatic rings. The van der Waals surface area contributed by atoms with Gasteiger partial charge in [-0.2, -0.15) is 0 Å². The zero-order valence-electron chi connectivity index (χ0n) is 14.8. The Morgan fingerprint density at radius 3 is 2.09 bits per heavy atom. The molecule has 0 radical (unpaired) electrons. The second-order valence-electron chi connectivity index (χ2n) is 6.03. The molecule has 22 heavy (non-hydrogen) atoms. The minimum atomic E-state index is 0.310. The first kappa shape index (κ1) is 22.0. The van der Waals surface area contributed by atoms with Gasteiger partial charge in [0.15, 0.2) is 0 Å². The van der Waals surface area contributed by atoms with E-state index in [2.05, 4.69) is 13.5 Å². The maximum absolute atomic E-state index is 5.88. The monoisotopic (exact) mass is 344 g/mol. The number of hydrogen-bond acceptors (Lipinski definition) is 3. The number of thiocarbonyl (C=S) groups is 1. The summed E-state index contributed by atoms with van der Waals surface area (Å²) in [6, 6.07) is 0. The largest absolute Gasteiger partial charge is 0.475 e. The predicted molar refractivity (Wildman–Crippen MR) is 107 cm³/mol. The fourth-order valence-corrected chi connectivity index (χ4v) is 2.99. The lowest BCUT2D eigenvalue weighted by molar-refractivity contribution is 0.172. The highest BCUT2D eigenvalue weighted by molar-refractivity contribution is 8.22. The van der Waals surface area contributed by atoms with Crippen molar-refractivity contribution in [3.05, 3.63) is 12.7 Å². The molecular formula is C19H36OS2. The molecule has 1 unspecified atom stereocenters. The van der Waals surface area contributed by atoms with Crippen LogP contribution < -0.4 is 0 Å². The van der Waals surface area contributed by atoms with Crippen molar-refractivity contribution in [3.63, 3.8) is 0 Å². The van der Waals surface area contributed by atoms with Gasteiger partial charge < -0.3 is 4.74 Å². The standard InChI is InChI=1S/C19H36OS2/c1-4-6-8-9-10-11-12-13-15-17-18(16-14-7-5-2)20-19(21)22-3/h5,18H,2,4,6-17H2,1,3H3. The van der Waals surface area contributed by atoms with E-state index < -0.39 is 0 Å². The highest BCUT2D eigenvalue weighted by atomic mass is 32.2. The Morgan fingerprint density at radius 2 is 1.55 bits per heavy atom. The fraction of sp³-hybridized carbons (Fsp3) is 0.842. The van der Waals surface area contributed by atoms with E-state index in [4.69, 9.17) is 17.0 Å². The third kappa shape index (κ3) is 14.9. The first-order valence-electron chi connectivity index (χ1n) is 9.10. The van der Waals surface area contributed by atoms with Gasteiger partial charge in [0.05, 0.1) is 0 Å². The van der Waals surface area contributed by atoms with Gasteiger partial charge in [-0.3, -0.25) is 0 Å². The third-order valence-electron chi connectivity index (χ3n) is 3.99. The molecule has 3 heteroatoms. The zero-order valence-corrected chi connectivity index (χ0v) is 16.4. The minimum absolute atomic E-state index is 0.310. The van der Waals surface area contributed by atoms with E-state index in [1.165, 1.54) is 69.5 Å². The average molecular weight is 345 g/mol. The van der Waals surface area contributed by atoms with Crippen molar-refractivity contribution in [2.45, 2.75) is 96.5 Å². The summed E-state index contributed by atoms with van der Waals surface area (Å²) in [5.74, 6) is 0.